The first-order chi connectivity index (χ1) is 19.4. The molecule has 3 aromatic rings. The Bertz CT molecular complexity index is 1370. The van der Waals surface area contributed by atoms with Crippen LogP contribution in [0.5, 0.6) is 0 Å². The summed E-state index contributed by atoms with van der Waals surface area (Å²) in [4.78, 5) is 40.6. The highest BCUT2D eigenvalue weighted by atomic mass is 28.4. The van der Waals surface area contributed by atoms with E-state index in [1.165, 1.54) is 30.7 Å². The largest absolute Gasteiger partial charge is 0.465 e. The second-order valence-corrected chi connectivity index (χ2v) is 15.4. The number of esters is 2. The molecule has 4 unspecified atom stereocenters. The van der Waals surface area contributed by atoms with Gasteiger partial charge in [-0.15, -0.1) is 0 Å². The van der Waals surface area contributed by atoms with Crippen molar-refractivity contribution in [3.05, 3.63) is 83.4 Å². The van der Waals surface area contributed by atoms with Gasteiger partial charge in [0.15, 0.2) is 12.3 Å². The Hall–Kier alpha value is -3.80. The molecule has 2 N–H and O–H groups in total. The minimum atomic E-state index is -2.96. The molecule has 10 nitrogen and oxygen atoms in total. The van der Waals surface area contributed by atoms with Crippen LogP contribution >= 0.6 is 0 Å². The highest BCUT2D eigenvalue weighted by molar-refractivity contribution is 6.99. The Balaban J connectivity index is 1.78. The number of hydrogen-bond acceptors (Lipinski definition) is 9. The molecular weight excluding hydrogens is 542 g/mol. The molecule has 4 rings (SSSR count). The maximum Gasteiger partial charge on any atom is 0.351 e. The fourth-order valence-corrected chi connectivity index (χ4v) is 10.1. The number of aromatic nitrogens is 2. The predicted molar refractivity (Wildman–Crippen MR) is 156 cm³/mol. The maximum atomic E-state index is 12.8. The van der Waals surface area contributed by atoms with Crippen LogP contribution in [-0.4, -0.2) is 55.2 Å². The Morgan fingerprint density at radius 3 is 2.02 bits per heavy atom. The lowest BCUT2D eigenvalue weighted by atomic mass is 9.99. The molecule has 218 valence electrons. The predicted octanol–water partition coefficient (Wildman–Crippen LogP) is 2.41. The number of hydrogen-bond donors (Lipinski definition) is 1. The Morgan fingerprint density at radius 2 is 1.54 bits per heavy atom. The summed E-state index contributed by atoms with van der Waals surface area (Å²) in [7, 11) is -2.96. The van der Waals surface area contributed by atoms with E-state index < -0.39 is 50.3 Å². The number of nitrogens with two attached hydrogens (primary N) is 1. The Morgan fingerprint density at radius 1 is 0.951 bits per heavy atom. The van der Waals surface area contributed by atoms with Gasteiger partial charge in [-0.3, -0.25) is 14.2 Å². The molecule has 11 heteroatoms. The monoisotopic (exact) mass is 579 g/mol. The molecule has 1 aliphatic rings. The number of nitrogen functional groups attached to an aromatic ring is 1. The van der Waals surface area contributed by atoms with E-state index >= 15 is 0 Å². The SMILES string of the molecule is CC(=O)OCC1C(CO[Si](c2ccccc2)(c2ccccc2)C(C)(C)C)OC(n2ccc(N)nc2=O)C1OC(C)=O. The summed E-state index contributed by atoms with van der Waals surface area (Å²) in [6.45, 7) is 9.05. The third-order valence-corrected chi connectivity index (χ3v) is 12.3. The van der Waals surface area contributed by atoms with Crippen molar-refractivity contribution >= 4 is 36.4 Å². The van der Waals surface area contributed by atoms with E-state index in [1.54, 1.807) is 0 Å². The highest BCUT2D eigenvalue weighted by Crippen LogP contribution is 2.40. The van der Waals surface area contributed by atoms with Crippen LogP contribution in [0.1, 0.15) is 40.8 Å². The van der Waals surface area contributed by atoms with Gasteiger partial charge in [0.25, 0.3) is 8.32 Å². The number of benzene rings is 2. The number of rotatable bonds is 9. The van der Waals surface area contributed by atoms with Crippen LogP contribution in [0.4, 0.5) is 5.82 Å². The first kappa shape index (κ1) is 30.2. The zero-order valence-electron chi connectivity index (χ0n) is 24.0. The second-order valence-electron chi connectivity index (χ2n) is 11.1. The van der Waals surface area contributed by atoms with Crippen molar-refractivity contribution in [2.75, 3.05) is 18.9 Å². The van der Waals surface area contributed by atoms with Gasteiger partial charge in [-0.1, -0.05) is 81.4 Å². The third-order valence-electron chi connectivity index (χ3n) is 7.28. The molecule has 41 heavy (non-hydrogen) atoms. The van der Waals surface area contributed by atoms with Crippen LogP contribution in [0.3, 0.4) is 0 Å². The normalized spacial score (nSPS) is 20.9. The molecule has 0 radical (unpaired) electrons. The lowest BCUT2D eigenvalue weighted by molar-refractivity contribution is -0.155. The number of anilines is 1. The zero-order chi connectivity index (χ0) is 29.8. The summed E-state index contributed by atoms with van der Waals surface area (Å²) >= 11 is 0. The van der Waals surface area contributed by atoms with E-state index in [9.17, 15) is 14.4 Å². The molecule has 0 saturated carbocycles. The molecule has 0 aliphatic carbocycles. The Labute approximate surface area is 240 Å². The van der Waals surface area contributed by atoms with E-state index in [0.29, 0.717) is 0 Å². The summed E-state index contributed by atoms with van der Waals surface area (Å²) in [5.41, 5.74) is 5.04. The van der Waals surface area contributed by atoms with Gasteiger partial charge in [0.05, 0.1) is 18.6 Å². The third kappa shape index (κ3) is 6.42. The van der Waals surface area contributed by atoms with Gasteiger partial charge >= 0.3 is 17.6 Å². The lowest BCUT2D eigenvalue weighted by Gasteiger charge is -2.43. The molecule has 1 saturated heterocycles. The summed E-state index contributed by atoms with van der Waals surface area (Å²) in [6.07, 6.45) is -1.24. The quantitative estimate of drug-likeness (QED) is 0.300. The molecule has 0 spiro atoms. The number of carbonyl (C=O) groups is 2. The lowest BCUT2D eigenvalue weighted by Crippen LogP contribution is -2.67. The van der Waals surface area contributed by atoms with Crippen LogP contribution in [0, 0.1) is 5.92 Å². The number of nitrogens with zero attached hydrogens (tertiary/aromatic N) is 2. The fraction of sp³-hybridized carbons (Fsp3) is 0.400. The molecule has 1 fully saturated rings. The fourth-order valence-electron chi connectivity index (χ4n) is 5.51. The smallest absolute Gasteiger partial charge is 0.351 e. The van der Waals surface area contributed by atoms with E-state index in [0.717, 1.165) is 10.4 Å². The second kappa shape index (κ2) is 12.4. The van der Waals surface area contributed by atoms with Crippen LogP contribution in [-0.2, 0) is 28.2 Å². The van der Waals surface area contributed by atoms with Crippen molar-refractivity contribution in [3.63, 3.8) is 0 Å². The van der Waals surface area contributed by atoms with Gasteiger partial charge in [-0.05, 0) is 21.5 Å². The molecule has 2 aromatic carbocycles. The van der Waals surface area contributed by atoms with Crippen LogP contribution < -0.4 is 21.8 Å². The van der Waals surface area contributed by atoms with Crippen molar-refractivity contribution in [2.24, 2.45) is 5.92 Å². The topological polar surface area (TPSA) is 132 Å². The maximum absolute atomic E-state index is 12.8. The molecule has 4 atom stereocenters. The van der Waals surface area contributed by atoms with Gasteiger partial charge in [0.1, 0.15) is 12.4 Å². The van der Waals surface area contributed by atoms with E-state index in [-0.39, 0.29) is 24.1 Å². The van der Waals surface area contributed by atoms with Crippen molar-refractivity contribution in [3.8, 4) is 0 Å². The summed E-state index contributed by atoms with van der Waals surface area (Å²) < 4.78 is 25.8. The first-order valence-corrected chi connectivity index (χ1v) is 15.4. The van der Waals surface area contributed by atoms with Crippen LogP contribution in [0.2, 0.25) is 5.04 Å². The molecule has 1 aliphatic heterocycles. The average Bonchev–Trinajstić information content (AvgIpc) is 3.24. The molecular formula is C30H37N3O7Si. The van der Waals surface area contributed by atoms with Crippen LogP contribution in [0.25, 0.3) is 0 Å². The molecule has 1 aromatic heterocycles. The summed E-state index contributed by atoms with van der Waals surface area (Å²) in [6, 6.07) is 21.7. The minimum absolute atomic E-state index is 0.0521. The van der Waals surface area contributed by atoms with Crippen molar-refractivity contribution < 1.29 is 28.2 Å². The molecule has 2 heterocycles. The first-order valence-electron chi connectivity index (χ1n) is 13.5. The van der Waals surface area contributed by atoms with Crippen molar-refractivity contribution in [1.82, 2.24) is 9.55 Å². The molecule has 0 amide bonds. The average molecular weight is 580 g/mol. The van der Waals surface area contributed by atoms with Gasteiger partial charge in [-0.25, -0.2) is 4.79 Å². The minimum Gasteiger partial charge on any atom is -0.465 e. The van der Waals surface area contributed by atoms with Crippen LogP contribution in [0.15, 0.2) is 77.7 Å². The number of carbonyl (C=O) groups excluding carboxylic acids is 2. The highest BCUT2D eigenvalue weighted by Gasteiger charge is 2.53. The van der Waals surface area contributed by atoms with Crippen molar-refractivity contribution in [1.29, 1.82) is 0 Å². The zero-order valence-corrected chi connectivity index (χ0v) is 25.0. The van der Waals surface area contributed by atoms with E-state index in [1.807, 2.05) is 36.4 Å². The van der Waals surface area contributed by atoms with Gasteiger partial charge < -0.3 is 24.4 Å². The summed E-state index contributed by atoms with van der Waals surface area (Å²) in [5, 5.41) is 1.87. The van der Waals surface area contributed by atoms with Gasteiger partial charge in [-0.2, -0.15) is 4.98 Å². The van der Waals surface area contributed by atoms with Gasteiger partial charge in [0.2, 0.25) is 0 Å². The van der Waals surface area contributed by atoms with E-state index in [4.69, 9.17) is 24.4 Å². The van der Waals surface area contributed by atoms with Gasteiger partial charge in [0, 0.05) is 20.0 Å². The standard InChI is InChI=1S/C30H37N3O7Si/c1-20(34)37-18-24-25(40-28(27(24)39-21(2)35)33-17-16-26(31)32-29(33)36)19-38-41(30(3,4)5,22-12-8-6-9-13-22)23-14-10-7-11-15-23/h6-17,24-25,27-28H,18-19H2,1-5H3,(H2,31,32,36). The molecule has 0 bridgehead atoms. The van der Waals surface area contributed by atoms with E-state index in [2.05, 4.69) is 50.0 Å². The number of ether oxygens (including phenoxy) is 3. The summed E-state index contributed by atoms with van der Waals surface area (Å²) in [5.74, 6) is -1.64. The van der Waals surface area contributed by atoms with Crippen molar-refractivity contribution in [2.45, 2.75) is 58.1 Å². The Kier molecular flexibility index (Phi) is 9.10.